The van der Waals surface area contributed by atoms with Gasteiger partial charge in [-0.05, 0) is 40.2 Å². The number of carbonyl (C=O) groups excluding carboxylic acids is 1. The third-order valence-corrected chi connectivity index (χ3v) is 2.22. The molecule has 1 aromatic carbocycles. The minimum Gasteiger partial charge on any atom is -0.478 e. The molecular weight excluding hydrogens is 267 g/mol. The van der Waals surface area contributed by atoms with Gasteiger partial charge in [-0.1, -0.05) is 0 Å². The van der Waals surface area contributed by atoms with Crippen molar-refractivity contribution >= 4 is 27.7 Å². The Morgan fingerprint density at radius 1 is 1.33 bits per heavy atom. The van der Waals surface area contributed by atoms with Gasteiger partial charge in [-0.3, -0.25) is 4.79 Å². The molecule has 0 bridgehead atoms. The van der Waals surface area contributed by atoms with Gasteiger partial charge in [-0.25, -0.2) is 9.18 Å². The monoisotopic (exact) mass is 272 g/mol. The number of ketones is 1. The van der Waals surface area contributed by atoms with Crippen molar-refractivity contribution in [3.05, 3.63) is 46.2 Å². The second-order valence-electron chi connectivity index (χ2n) is 2.66. The van der Waals surface area contributed by atoms with E-state index in [-0.39, 0.29) is 10.0 Å². The lowest BCUT2D eigenvalue weighted by Gasteiger charge is -1.97. The van der Waals surface area contributed by atoms with E-state index in [2.05, 4.69) is 15.9 Å². The second kappa shape index (κ2) is 4.84. The predicted molar refractivity (Wildman–Crippen MR) is 55.2 cm³/mol. The number of benzene rings is 1. The first kappa shape index (κ1) is 11.6. The molecule has 1 N–H and O–H groups in total. The summed E-state index contributed by atoms with van der Waals surface area (Å²) in [5.41, 5.74) is 0.105. The third kappa shape index (κ3) is 3.28. The molecule has 0 heterocycles. The largest absolute Gasteiger partial charge is 0.478 e. The smallest absolute Gasteiger partial charge is 0.328 e. The maximum absolute atomic E-state index is 13.0. The quantitative estimate of drug-likeness (QED) is 0.679. The van der Waals surface area contributed by atoms with E-state index in [0.717, 1.165) is 12.1 Å². The van der Waals surface area contributed by atoms with Gasteiger partial charge in [0.15, 0.2) is 5.78 Å². The van der Waals surface area contributed by atoms with Crippen LogP contribution in [0.2, 0.25) is 0 Å². The van der Waals surface area contributed by atoms with Crippen LogP contribution in [0.15, 0.2) is 34.8 Å². The molecule has 0 aliphatic carbocycles. The average molecular weight is 273 g/mol. The Morgan fingerprint density at radius 3 is 2.53 bits per heavy atom. The van der Waals surface area contributed by atoms with Gasteiger partial charge < -0.3 is 5.11 Å². The minimum absolute atomic E-state index is 0.105. The first-order chi connectivity index (χ1) is 7.00. The van der Waals surface area contributed by atoms with Gasteiger partial charge in [0.2, 0.25) is 0 Å². The zero-order valence-electron chi connectivity index (χ0n) is 7.41. The van der Waals surface area contributed by atoms with Crippen molar-refractivity contribution in [2.75, 3.05) is 0 Å². The maximum Gasteiger partial charge on any atom is 0.328 e. The highest BCUT2D eigenvalue weighted by Gasteiger charge is 2.06. The molecule has 0 saturated carbocycles. The number of hydrogen-bond acceptors (Lipinski definition) is 2. The molecule has 0 aliphatic rings. The minimum atomic E-state index is -1.22. The summed E-state index contributed by atoms with van der Waals surface area (Å²) < 4.78 is 13.3. The number of hydrogen-bond donors (Lipinski definition) is 1. The van der Waals surface area contributed by atoms with E-state index in [9.17, 15) is 14.0 Å². The molecule has 0 spiro atoms. The zero-order chi connectivity index (χ0) is 11.4. The van der Waals surface area contributed by atoms with Crippen molar-refractivity contribution < 1.29 is 19.1 Å². The lowest BCUT2D eigenvalue weighted by molar-refractivity contribution is -0.131. The van der Waals surface area contributed by atoms with Crippen LogP contribution in [0.5, 0.6) is 0 Å². The fourth-order valence-electron chi connectivity index (χ4n) is 0.893. The summed E-state index contributed by atoms with van der Waals surface area (Å²) in [6.07, 6.45) is 1.59. The number of carboxylic acids is 1. The standard InChI is InChI=1S/C10H6BrFO3/c11-7-2-1-6(5-8(7)12)9(13)3-4-10(14)15/h1-5H,(H,14,15)/b4-3+. The fraction of sp³-hybridized carbons (Fsp3) is 0. The van der Waals surface area contributed by atoms with E-state index in [1.165, 1.54) is 12.1 Å². The van der Waals surface area contributed by atoms with Gasteiger partial charge in [0.25, 0.3) is 0 Å². The molecule has 0 saturated heterocycles. The SMILES string of the molecule is O=C(O)/C=C/C(=O)c1ccc(Br)c(F)c1. The number of halogens is 2. The molecule has 0 unspecified atom stereocenters. The van der Waals surface area contributed by atoms with Crippen LogP contribution in [0.3, 0.4) is 0 Å². The van der Waals surface area contributed by atoms with Crippen LogP contribution in [-0.2, 0) is 4.79 Å². The zero-order valence-corrected chi connectivity index (χ0v) is 8.99. The van der Waals surface area contributed by atoms with Gasteiger partial charge >= 0.3 is 5.97 Å². The van der Waals surface area contributed by atoms with E-state index in [0.29, 0.717) is 6.08 Å². The van der Waals surface area contributed by atoms with Gasteiger partial charge in [0.1, 0.15) is 5.82 Å². The lowest BCUT2D eigenvalue weighted by Crippen LogP contribution is -1.97. The number of carbonyl (C=O) groups is 2. The molecule has 3 nitrogen and oxygen atoms in total. The molecule has 1 rings (SSSR count). The second-order valence-corrected chi connectivity index (χ2v) is 3.52. The molecular formula is C10H6BrFO3. The van der Waals surface area contributed by atoms with Crippen molar-refractivity contribution in [1.29, 1.82) is 0 Å². The van der Waals surface area contributed by atoms with Crippen LogP contribution in [-0.4, -0.2) is 16.9 Å². The van der Waals surface area contributed by atoms with Crippen LogP contribution in [0.1, 0.15) is 10.4 Å². The highest BCUT2D eigenvalue weighted by molar-refractivity contribution is 9.10. The molecule has 0 aliphatic heterocycles. The van der Waals surface area contributed by atoms with Gasteiger partial charge in [0.05, 0.1) is 4.47 Å². The average Bonchev–Trinajstić information content (AvgIpc) is 2.18. The Balaban J connectivity index is 2.92. The maximum atomic E-state index is 13.0. The van der Waals surface area contributed by atoms with Gasteiger partial charge in [0, 0.05) is 11.6 Å². The van der Waals surface area contributed by atoms with Crippen molar-refractivity contribution in [3.63, 3.8) is 0 Å². The first-order valence-corrected chi connectivity index (χ1v) is 4.70. The Morgan fingerprint density at radius 2 is 2.00 bits per heavy atom. The summed E-state index contributed by atoms with van der Waals surface area (Å²) in [5.74, 6) is -2.34. The Labute approximate surface area is 93.4 Å². The molecule has 0 fully saturated rings. The summed E-state index contributed by atoms with van der Waals surface area (Å²) in [5, 5.41) is 8.29. The summed E-state index contributed by atoms with van der Waals surface area (Å²) in [6, 6.07) is 3.83. The van der Waals surface area contributed by atoms with Crippen LogP contribution in [0.4, 0.5) is 4.39 Å². The van der Waals surface area contributed by atoms with Gasteiger partial charge in [-0.15, -0.1) is 0 Å². The molecule has 15 heavy (non-hydrogen) atoms. The van der Waals surface area contributed by atoms with Crippen LogP contribution < -0.4 is 0 Å². The highest BCUT2D eigenvalue weighted by Crippen LogP contribution is 2.16. The number of carboxylic acid groups (broad SMARTS) is 1. The number of aliphatic carboxylic acids is 1. The summed E-state index contributed by atoms with van der Waals surface area (Å²) in [6.45, 7) is 0. The third-order valence-electron chi connectivity index (χ3n) is 1.58. The van der Waals surface area contributed by atoms with E-state index in [1.54, 1.807) is 0 Å². The Kier molecular flexibility index (Phi) is 3.74. The van der Waals surface area contributed by atoms with E-state index in [1.807, 2.05) is 0 Å². The van der Waals surface area contributed by atoms with E-state index >= 15 is 0 Å². The topological polar surface area (TPSA) is 54.4 Å². The predicted octanol–water partition coefficient (Wildman–Crippen LogP) is 2.41. The first-order valence-electron chi connectivity index (χ1n) is 3.91. The van der Waals surface area contributed by atoms with Crippen molar-refractivity contribution in [2.24, 2.45) is 0 Å². The van der Waals surface area contributed by atoms with Crippen LogP contribution >= 0.6 is 15.9 Å². The van der Waals surface area contributed by atoms with Crippen LogP contribution in [0.25, 0.3) is 0 Å². The summed E-state index contributed by atoms with van der Waals surface area (Å²) in [7, 11) is 0. The van der Waals surface area contributed by atoms with E-state index in [4.69, 9.17) is 5.11 Å². The Hall–Kier alpha value is -1.49. The normalized spacial score (nSPS) is 10.5. The molecule has 5 heteroatoms. The Bertz CT molecular complexity index is 440. The lowest BCUT2D eigenvalue weighted by atomic mass is 10.1. The molecule has 0 amide bonds. The number of allylic oxidation sites excluding steroid dienone is 1. The molecule has 1 aromatic rings. The molecule has 0 radical (unpaired) electrons. The van der Waals surface area contributed by atoms with Gasteiger partial charge in [-0.2, -0.15) is 0 Å². The summed E-state index contributed by atoms with van der Waals surface area (Å²) >= 11 is 2.94. The number of rotatable bonds is 3. The van der Waals surface area contributed by atoms with Crippen molar-refractivity contribution in [2.45, 2.75) is 0 Å². The van der Waals surface area contributed by atoms with Crippen molar-refractivity contribution in [1.82, 2.24) is 0 Å². The fourth-order valence-corrected chi connectivity index (χ4v) is 1.14. The highest BCUT2D eigenvalue weighted by atomic mass is 79.9. The van der Waals surface area contributed by atoms with Crippen LogP contribution in [0, 0.1) is 5.82 Å². The van der Waals surface area contributed by atoms with Crippen molar-refractivity contribution in [3.8, 4) is 0 Å². The van der Waals surface area contributed by atoms with E-state index < -0.39 is 17.6 Å². The summed E-state index contributed by atoms with van der Waals surface area (Å²) in [4.78, 5) is 21.4. The molecule has 78 valence electrons. The molecule has 0 aromatic heterocycles. The molecule has 0 atom stereocenters.